The molecule has 0 aromatic heterocycles. The number of hydrogen-bond acceptors (Lipinski definition) is 3. The van der Waals surface area contributed by atoms with E-state index in [1.807, 2.05) is 0 Å². The molecule has 0 unspecified atom stereocenters. The van der Waals surface area contributed by atoms with Crippen LogP contribution in [0, 0.1) is 12.7 Å². The van der Waals surface area contributed by atoms with Crippen molar-refractivity contribution in [3.63, 3.8) is 0 Å². The Balaban J connectivity index is 1.44. The van der Waals surface area contributed by atoms with Crippen LogP contribution in [-0.2, 0) is 22.9 Å². The zero-order valence-electron chi connectivity index (χ0n) is 18.2. The SMILES string of the molecule is Cc1ccc(F)cc1S(=O)(=O)N1CCN(C2c3ccccc3CCc3ccccc32)CC1. The monoisotopic (exact) mass is 450 g/mol. The van der Waals surface area contributed by atoms with Crippen molar-refractivity contribution in [2.75, 3.05) is 26.2 Å². The summed E-state index contributed by atoms with van der Waals surface area (Å²) in [5.74, 6) is -0.528. The first-order chi connectivity index (χ1) is 15.4. The lowest BCUT2D eigenvalue weighted by molar-refractivity contribution is 0.155. The van der Waals surface area contributed by atoms with E-state index in [1.54, 1.807) is 6.92 Å². The lowest BCUT2D eigenvalue weighted by Crippen LogP contribution is -2.50. The quantitative estimate of drug-likeness (QED) is 0.597. The molecule has 6 heteroatoms. The lowest BCUT2D eigenvalue weighted by atomic mass is 9.93. The van der Waals surface area contributed by atoms with Crippen molar-refractivity contribution in [2.45, 2.75) is 30.7 Å². The molecule has 1 fully saturated rings. The third-order valence-electron chi connectivity index (χ3n) is 6.77. The van der Waals surface area contributed by atoms with Crippen LogP contribution < -0.4 is 0 Å². The van der Waals surface area contributed by atoms with Crippen LogP contribution in [0.15, 0.2) is 71.6 Å². The molecule has 3 aromatic rings. The minimum Gasteiger partial charge on any atom is -0.290 e. The van der Waals surface area contributed by atoms with Crippen LogP contribution in [0.4, 0.5) is 4.39 Å². The van der Waals surface area contributed by atoms with Crippen molar-refractivity contribution < 1.29 is 12.8 Å². The number of fused-ring (bicyclic) bond motifs is 2. The van der Waals surface area contributed by atoms with Crippen LogP contribution in [0.3, 0.4) is 0 Å². The molecular formula is C26H27FN2O2S. The number of halogens is 1. The Labute approximate surface area is 189 Å². The highest BCUT2D eigenvalue weighted by Crippen LogP contribution is 2.37. The summed E-state index contributed by atoms with van der Waals surface area (Å²) >= 11 is 0. The first kappa shape index (κ1) is 21.3. The number of hydrogen-bond donors (Lipinski definition) is 0. The average molecular weight is 451 g/mol. The summed E-state index contributed by atoms with van der Waals surface area (Å²) in [5, 5.41) is 0. The lowest BCUT2D eigenvalue weighted by Gasteiger charge is -2.39. The van der Waals surface area contributed by atoms with Crippen molar-refractivity contribution in [2.24, 2.45) is 0 Å². The molecule has 3 aromatic carbocycles. The fraction of sp³-hybridized carbons (Fsp3) is 0.308. The zero-order chi connectivity index (χ0) is 22.3. The third kappa shape index (κ3) is 3.76. The summed E-state index contributed by atoms with van der Waals surface area (Å²) in [4.78, 5) is 2.46. The molecule has 1 aliphatic heterocycles. The minimum absolute atomic E-state index is 0.0658. The molecule has 1 heterocycles. The molecule has 4 nitrogen and oxygen atoms in total. The van der Waals surface area contributed by atoms with Crippen LogP contribution in [0.25, 0.3) is 0 Å². The van der Waals surface area contributed by atoms with E-state index in [2.05, 4.69) is 53.4 Å². The fourth-order valence-electron chi connectivity index (χ4n) is 5.08. The Hall–Kier alpha value is -2.54. The van der Waals surface area contributed by atoms with Gasteiger partial charge in [-0.25, -0.2) is 12.8 Å². The summed E-state index contributed by atoms with van der Waals surface area (Å²) in [6, 6.07) is 21.3. The van der Waals surface area contributed by atoms with E-state index in [0.717, 1.165) is 18.9 Å². The molecule has 0 atom stereocenters. The first-order valence-electron chi connectivity index (χ1n) is 11.1. The van der Waals surface area contributed by atoms with Gasteiger partial charge in [-0.3, -0.25) is 4.90 Å². The van der Waals surface area contributed by atoms with Gasteiger partial charge >= 0.3 is 0 Å². The Kier molecular flexibility index (Phi) is 5.61. The van der Waals surface area contributed by atoms with E-state index in [0.29, 0.717) is 31.7 Å². The third-order valence-corrected chi connectivity index (χ3v) is 8.81. The maximum absolute atomic E-state index is 13.8. The molecular weight excluding hydrogens is 423 g/mol. The topological polar surface area (TPSA) is 40.6 Å². The summed E-state index contributed by atoms with van der Waals surface area (Å²) in [5.41, 5.74) is 5.92. The van der Waals surface area contributed by atoms with E-state index in [4.69, 9.17) is 0 Å². The summed E-state index contributed by atoms with van der Waals surface area (Å²) in [6.45, 7) is 3.74. The number of benzene rings is 3. The minimum atomic E-state index is -3.73. The van der Waals surface area contributed by atoms with Crippen LogP contribution in [0.1, 0.15) is 33.9 Å². The Morgan fingerprint density at radius 3 is 1.97 bits per heavy atom. The van der Waals surface area contributed by atoms with Gasteiger partial charge < -0.3 is 0 Å². The van der Waals surface area contributed by atoms with Gasteiger partial charge in [0.1, 0.15) is 5.82 Å². The number of nitrogens with zero attached hydrogens (tertiary/aromatic N) is 2. The molecule has 1 aliphatic carbocycles. The summed E-state index contributed by atoms with van der Waals surface area (Å²) < 4.78 is 41.7. The predicted octanol–water partition coefficient (Wildman–Crippen LogP) is 4.33. The highest BCUT2D eigenvalue weighted by molar-refractivity contribution is 7.89. The van der Waals surface area contributed by atoms with E-state index in [1.165, 1.54) is 38.7 Å². The van der Waals surface area contributed by atoms with Gasteiger partial charge in [-0.1, -0.05) is 54.6 Å². The molecule has 2 aliphatic rings. The summed E-state index contributed by atoms with van der Waals surface area (Å²) in [7, 11) is -3.73. The molecule has 0 spiro atoms. The average Bonchev–Trinajstić information content (AvgIpc) is 2.97. The maximum atomic E-state index is 13.8. The van der Waals surface area contributed by atoms with Crippen molar-refractivity contribution in [3.05, 3.63) is 100 Å². The van der Waals surface area contributed by atoms with Gasteiger partial charge in [-0.05, 0) is 59.7 Å². The molecule has 0 N–H and O–H groups in total. The molecule has 32 heavy (non-hydrogen) atoms. The zero-order valence-corrected chi connectivity index (χ0v) is 19.0. The first-order valence-corrected chi connectivity index (χ1v) is 12.5. The van der Waals surface area contributed by atoms with E-state index < -0.39 is 15.8 Å². The summed E-state index contributed by atoms with van der Waals surface area (Å²) in [6.07, 6.45) is 2.02. The fourth-order valence-corrected chi connectivity index (χ4v) is 6.74. The van der Waals surface area contributed by atoms with Gasteiger partial charge in [0.2, 0.25) is 10.0 Å². The van der Waals surface area contributed by atoms with Gasteiger partial charge in [0.05, 0.1) is 10.9 Å². The number of sulfonamides is 1. The van der Waals surface area contributed by atoms with Gasteiger partial charge in [0.25, 0.3) is 0 Å². The van der Waals surface area contributed by atoms with Crippen molar-refractivity contribution >= 4 is 10.0 Å². The molecule has 0 bridgehead atoms. The van der Waals surface area contributed by atoms with Gasteiger partial charge in [0, 0.05) is 26.2 Å². The van der Waals surface area contributed by atoms with E-state index in [-0.39, 0.29) is 10.9 Å². The molecule has 166 valence electrons. The molecule has 0 saturated carbocycles. The number of aryl methyl sites for hydroxylation is 3. The molecule has 1 saturated heterocycles. The van der Waals surface area contributed by atoms with Gasteiger partial charge in [-0.15, -0.1) is 0 Å². The molecule has 0 amide bonds. The van der Waals surface area contributed by atoms with Crippen LogP contribution >= 0.6 is 0 Å². The van der Waals surface area contributed by atoms with Crippen molar-refractivity contribution in [1.29, 1.82) is 0 Å². The van der Waals surface area contributed by atoms with Gasteiger partial charge in [0.15, 0.2) is 0 Å². The number of piperazine rings is 1. The smallest absolute Gasteiger partial charge is 0.243 e. The standard InChI is InChI=1S/C26H27FN2O2S/c1-19-10-13-22(27)18-25(19)32(30,31)29-16-14-28(15-17-29)26-23-8-4-2-6-20(23)11-12-21-7-3-5-9-24(21)26/h2-10,13,18,26H,11-12,14-17H2,1H3. The highest BCUT2D eigenvalue weighted by atomic mass is 32.2. The second-order valence-electron chi connectivity index (χ2n) is 8.65. The number of rotatable bonds is 3. The normalized spacial score (nSPS) is 18.1. The van der Waals surface area contributed by atoms with Crippen molar-refractivity contribution in [3.8, 4) is 0 Å². The van der Waals surface area contributed by atoms with E-state index >= 15 is 0 Å². The van der Waals surface area contributed by atoms with Crippen LogP contribution in [-0.4, -0.2) is 43.8 Å². The largest absolute Gasteiger partial charge is 0.290 e. The molecule has 5 rings (SSSR count). The van der Waals surface area contributed by atoms with Gasteiger partial charge in [-0.2, -0.15) is 4.31 Å². The predicted molar refractivity (Wildman–Crippen MR) is 124 cm³/mol. The maximum Gasteiger partial charge on any atom is 0.243 e. The van der Waals surface area contributed by atoms with Crippen LogP contribution in [0.5, 0.6) is 0 Å². The highest BCUT2D eigenvalue weighted by Gasteiger charge is 2.35. The Bertz CT molecular complexity index is 1200. The second kappa shape index (κ2) is 8.43. The van der Waals surface area contributed by atoms with E-state index in [9.17, 15) is 12.8 Å². The van der Waals surface area contributed by atoms with Crippen LogP contribution in [0.2, 0.25) is 0 Å². The Morgan fingerprint density at radius 1 is 0.812 bits per heavy atom. The Morgan fingerprint density at radius 2 is 1.38 bits per heavy atom. The van der Waals surface area contributed by atoms with Crippen molar-refractivity contribution in [1.82, 2.24) is 9.21 Å². The molecule has 0 radical (unpaired) electrons. The second-order valence-corrected chi connectivity index (χ2v) is 10.6.